The van der Waals surface area contributed by atoms with E-state index in [0.29, 0.717) is 11.6 Å². The Morgan fingerprint density at radius 3 is 2.85 bits per heavy atom. The summed E-state index contributed by atoms with van der Waals surface area (Å²) >= 11 is 0. The Bertz CT molecular complexity index is 589. The molecule has 0 aliphatic heterocycles. The van der Waals surface area contributed by atoms with E-state index in [1.807, 2.05) is 10.9 Å². The molecular weight excluding hydrogens is 260 g/mol. The van der Waals surface area contributed by atoms with Gasteiger partial charge in [0.15, 0.2) is 11.6 Å². The van der Waals surface area contributed by atoms with E-state index in [-0.39, 0.29) is 6.54 Å². The van der Waals surface area contributed by atoms with Crippen LogP contribution in [0.3, 0.4) is 0 Å². The first kappa shape index (κ1) is 13.1. The number of benzene rings is 1. The highest BCUT2D eigenvalue weighted by atomic mass is 19.2. The number of aromatic nitrogens is 2. The summed E-state index contributed by atoms with van der Waals surface area (Å²) in [6.07, 6.45) is 8.51. The number of anilines is 1. The number of rotatable bonds is 4. The number of hydrogen-bond donors (Lipinski definition) is 1. The first-order valence-corrected chi connectivity index (χ1v) is 6.95. The lowest BCUT2D eigenvalue weighted by atomic mass is 10.2. The summed E-state index contributed by atoms with van der Waals surface area (Å²) < 4.78 is 28.6. The van der Waals surface area contributed by atoms with E-state index < -0.39 is 11.6 Å². The smallest absolute Gasteiger partial charge is 0.163 e. The van der Waals surface area contributed by atoms with Crippen LogP contribution < -0.4 is 5.32 Å². The third-order valence-corrected chi connectivity index (χ3v) is 3.81. The van der Waals surface area contributed by atoms with Crippen molar-refractivity contribution in [3.05, 3.63) is 47.8 Å². The number of hydrogen-bond acceptors (Lipinski definition) is 2. The zero-order valence-electron chi connectivity index (χ0n) is 11.1. The SMILES string of the molecule is Fc1cccc(CNc2cnn(C3CCCC3)c2)c1F. The molecule has 0 bridgehead atoms. The average Bonchev–Trinajstić information content (AvgIpc) is 3.10. The maximum Gasteiger partial charge on any atom is 0.163 e. The Balaban J connectivity index is 1.65. The van der Waals surface area contributed by atoms with Crippen LogP contribution in [-0.2, 0) is 6.54 Å². The normalized spacial score (nSPS) is 15.7. The van der Waals surface area contributed by atoms with E-state index in [9.17, 15) is 8.78 Å². The third kappa shape index (κ3) is 2.66. The second kappa shape index (κ2) is 5.61. The van der Waals surface area contributed by atoms with Crippen LogP contribution in [0.15, 0.2) is 30.6 Å². The summed E-state index contributed by atoms with van der Waals surface area (Å²) in [6.45, 7) is 0.250. The fraction of sp³-hybridized carbons (Fsp3) is 0.400. The molecule has 5 heteroatoms. The third-order valence-electron chi connectivity index (χ3n) is 3.81. The minimum atomic E-state index is -0.814. The monoisotopic (exact) mass is 277 g/mol. The molecule has 106 valence electrons. The molecule has 1 aromatic carbocycles. The van der Waals surface area contributed by atoms with Crippen molar-refractivity contribution in [2.75, 3.05) is 5.32 Å². The summed E-state index contributed by atoms with van der Waals surface area (Å²) in [5.41, 5.74) is 1.15. The van der Waals surface area contributed by atoms with Crippen molar-refractivity contribution in [3.8, 4) is 0 Å². The highest BCUT2D eigenvalue weighted by molar-refractivity contribution is 5.39. The number of nitrogens with zero attached hydrogens (tertiary/aromatic N) is 2. The van der Waals surface area contributed by atoms with Gasteiger partial charge >= 0.3 is 0 Å². The van der Waals surface area contributed by atoms with Crippen LogP contribution in [0.25, 0.3) is 0 Å². The summed E-state index contributed by atoms with van der Waals surface area (Å²) in [4.78, 5) is 0. The Morgan fingerprint density at radius 2 is 2.05 bits per heavy atom. The van der Waals surface area contributed by atoms with Gasteiger partial charge in [0.1, 0.15) is 0 Å². The second-order valence-electron chi connectivity index (χ2n) is 5.21. The maximum atomic E-state index is 13.5. The van der Waals surface area contributed by atoms with E-state index in [0.717, 1.165) is 11.8 Å². The van der Waals surface area contributed by atoms with Crippen molar-refractivity contribution in [2.45, 2.75) is 38.3 Å². The minimum Gasteiger partial charge on any atom is -0.378 e. The Hall–Kier alpha value is -1.91. The molecule has 20 heavy (non-hydrogen) atoms. The molecule has 1 fully saturated rings. The van der Waals surface area contributed by atoms with E-state index in [1.54, 1.807) is 12.3 Å². The highest BCUT2D eigenvalue weighted by Gasteiger charge is 2.17. The van der Waals surface area contributed by atoms with E-state index in [1.165, 1.54) is 31.7 Å². The first-order chi connectivity index (χ1) is 9.74. The van der Waals surface area contributed by atoms with Crippen molar-refractivity contribution in [3.63, 3.8) is 0 Å². The average molecular weight is 277 g/mol. The molecule has 3 nitrogen and oxygen atoms in total. The van der Waals surface area contributed by atoms with Crippen LogP contribution in [0, 0.1) is 11.6 Å². The van der Waals surface area contributed by atoms with E-state index >= 15 is 0 Å². The molecule has 0 amide bonds. The maximum absolute atomic E-state index is 13.5. The fourth-order valence-electron chi connectivity index (χ4n) is 2.68. The van der Waals surface area contributed by atoms with Gasteiger partial charge < -0.3 is 5.32 Å². The first-order valence-electron chi connectivity index (χ1n) is 6.95. The molecule has 0 unspecified atom stereocenters. The van der Waals surface area contributed by atoms with Gasteiger partial charge in [-0.2, -0.15) is 5.10 Å². The zero-order valence-corrected chi connectivity index (χ0v) is 11.1. The van der Waals surface area contributed by atoms with Crippen LogP contribution >= 0.6 is 0 Å². The largest absolute Gasteiger partial charge is 0.378 e. The van der Waals surface area contributed by atoms with Crippen LogP contribution in [0.5, 0.6) is 0 Å². The van der Waals surface area contributed by atoms with Crippen LogP contribution in [-0.4, -0.2) is 9.78 Å². The van der Waals surface area contributed by atoms with Gasteiger partial charge in [-0.3, -0.25) is 4.68 Å². The van der Waals surface area contributed by atoms with Crippen molar-refractivity contribution in [2.24, 2.45) is 0 Å². The lowest BCUT2D eigenvalue weighted by Crippen LogP contribution is -2.05. The summed E-state index contributed by atoms with van der Waals surface area (Å²) in [7, 11) is 0. The molecule has 0 saturated heterocycles. The fourth-order valence-corrected chi connectivity index (χ4v) is 2.68. The van der Waals surface area contributed by atoms with Gasteiger partial charge in [-0.25, -0.2) is 8.78 Å². The lowest BCUT2D eigenvalue weighted by molar-refractivity contribution is 0.467. The molecule has 3 rings (SSSR count). The van der Waals surface area contributed by atoms with E-state index in [4.69, 9.17) is 0 Å². The van der Waals surface area contributed by atoms with Gasteiger partial charge in [-0.1, -0.05) is 25.0 Å². The quantitative estimate of drug-likeness (QED) is 0.919. The molecular formula is C15H17F2N3. The van der Waals surface area contributed by atoms with Crippen LogP contribution in [0.1, 0.15) is 37.3 Å². The van der Waals surface area contributed by atoms with Gasteiger partial charge in [0.05, 0.1) is 17.9 Å². The van der Waals surface area contributed by atoms with Crippen LogP contribution in [0.4, 0.5) is 14.5 Å². The molecule has 0 spiro atoms. The van der Waals surface area contributed by atoms with Crippen molar-refractivity contribution in [1.82, 2.24) is 9.78 Å². The molecule has 1 N–H and O–H groups in total. The molecule has 1 heterocycles. The second-order valence-corrected chi connectivity index (χ2v) is 5.21. The van der Waals surface area contributed by atoms with Gasteiger partial charge in [0.25, 0.3) is 0 Å². The predicted octanol–water partition coefficient (Wildman–Crippen LogP) is 3.89. The lowest BCUT2D eigenvalue weighted by Gasteiger charge is -2.09. The molecule has 0 atom stereocenters. The van der Waals surface area contributed by atoms with Crippen molar-refractivity contribution >= 4 is 5.69 Å². The summed E-state index contributed by atoms with van der Waals surface area (Å²) in [5, 5.41) is 7.42. The van der Waals surface area contributed by atoms with Crippen molar-refractivity contribution in [1.29, 1.82) is 0 Å². The zero-order chi connectivity index (χ0) is 13.9. The van der Waals surface area contributed by atoms with Gasteiger partial charge in [0.2, 0.25) is 0 Å². The Labute approximate surface area is 116 Å². The molecule has 1 aromatic heterocycles. The summed E-state index contributed by atoms with van der Waals surface area (Å²) in [5.74, 6) is -1.60. The number of halogens is 2. The Kier molecular flexibility index (Phi) is 3.67. The predicted molar refractivity (Wildman–Crippen MR) is 73.4 cm³/mol. The van der Waals surface area contributed by atoms with Gasteiger partial charge in [-0.05, 0) is 18.9 Å². The minimum absolute atomic E-state index is 0.250. The van der Waals surface area contributed by atoms with E-state index in [2.05, 4.69) is 10.4 Å². The standard InChI is InChI=1S/C15H17F2N3/c16-14-7-3-4-11(15(14)17)8-18-12-9-19-20(10-12)13-5-1-2-6-13/h3-4,7,9-10,13,18H,1-2,5-6,8H2. The van der Waals surface area contributed by atoms with Crippen LogP contribution in [0.2, 0.25) is 0 Å². The topological polar surface area (TPSA) is 29.9 Å². The van der Waals surface area contributed by atoms with Gasteiger partial charge in [-0.15, -0.1) is 0 Å². The molecule has 1 saturated carbocycles. The molecule has 1 aliphatic carbocycles. The Morgan fingerprint density at radius 1 is 1.25 bits per heavy atom. The summed E-state index contributed by atoms with van der Waals surface area (Å²) in [6, 6.07) is 4.69. The molecule has 0 radical (unpaired) electrons. The number of nitrogens with one attached hydrogen (secondary N) is 1. The van der Waals surface area contributed by atoms with Crippen molar-refractivity contribution < 1.29 is 8.78 Å². The van der Waals surface area contributed by atoms with Gasteiger partial charge in [0, 0.05) is 18.3 Å². The highest BCUT2D eigenvalue weighted by Crippen LogP contribution is 2.29. The molecule has 2 aromatic rings. The molecule has 1 aliphatic rings.